The van der Waals surface area contributed by atoms with Crippen LogP contribution in [0.25, 0.3) is 0 Å². The first-order valence-electron chi connectivity index (χ1n) is 9.16. The van der Waals surface area contributed by atoms with Gasteiger partial charge in [0.2, 0.25) is 5.89 Å². The lowest BCUT2D eigenvalue weighted by Gasteiger charge is -2.31. The van der Waals surface area contributed by atoms with E-state index in [1.807, 2.05) is 6.07 Å². The van der Waals surface area contributed by atoms with E-state index in [1.54, 1.807) is 14.2 Å². The molecule has 1 aromatic heterocycles. The normalized spacial score (nSPS) is 15.4. The Morgan fingerprint density at radius 3 is 2.37 bits per heavy atom. The second-order valence-electron chi connectivity index (χ2n) is 6.79. The number of likely N-dealkylation sites (tertiary alicyclic amines) is 1. The lowest BCUT2D eigenvalue weighted by molar-refractivity contribution is 0.167. The highest BCUT2D eigenvalue weighted by molar-refractivity contribution is 5.85. The number of benzene rings is 1. The zero-order valence-corrected chi connectivity index (χ0v) is 16.8. The van der Waals surface area contributed by atoms with Crippen LogP contribution in [0.1, 0.15) is 36.5 Å². The molecular formula is C19H29ClN4O3. The lowest BCUT2D eigenvalue weighted by Crippen LogP contribution is -2.33. The van der Waals surface area contributed by atoms with Crippen molar-refractivity contribution < 1.29 is 14.0 Å². The van der Waals surface area contributed by atoms with Crippen LogP contribution in [0.3, 0.4) is 0 Å². The number of ether oxygens (including phenoxy) is 2. The molecule has 27 heavy (non-hydrogen) atoms. The van der Waals surface area contributed by atoms with Crippen molar-refractivity contribution in [1.82, 2.24) is 15.0 Å². The van der Waals surface area contributed by atoms with Crippen LogP contribution in [0.15, 0.2) is 22.7 Å². The molecule has 2 N–H and O–H groups in total. The van der Waals surface area contributed by atoms with Crippen molar-refractivity contribution in [3.63, 3.8) is 0 Å². The Kier molecular flexibility index (Phi) is 8.34. The van der Waals surface area contributed by atoms with Crippen LogP contribution >= 0.6 is 12.4 Å². The summed E-state index contributed by atoms with van der Waals surface area (Å²) in [6.45, 7) is 3.17. The maximum atomic E-state index is 5.51. The fraction of sp³-hybridized carbons (Fsp3) is 0.579. The summed E-state index contributed by atoms with van der Waals surface area (Å²) in [5.74, 6) is 3.68. The molecule has 1 saturated heterocycles. The molecule has 1 aliphatic rings. The third-order valence-corrected chi connectivity index (χ3v) is 5.01. The van der Waals surface area contributed by atoms with Gasteiger partial charge in [0, 0.05) is 6.07 Å². The van der Waals surface area contributed by atoms with Crippen molar-refractivity contribution in [3.05, 3.63) is 35.5 Å². The molecule has 150 valence electrons. The fourth-order valence-electron chi connectivity index (χ4n) is 3.45. The van der Waals surface area contributed by atoms with Crippen molar-refractivity contribution in [2.45, 2.75) is 38.8 Å². The van der Waals surface area contributed by atoms with E-state index in [0.717, 1.165) is 49.3 Å². The second kappa shape index (κ2) is 10.5. The van der Waals surface area contributed by atoms with Crippen molar-refractivity contribution in [3.8, 4) is 11.5 Å². The first-order valence-corrected chi connectivity index (χ1v) is 9.16. The Bertz CT molecular complexity index is 680. The summed E-state index contributed by atoms with van der Waals surface area (Å²) in [6, 6.07) is 6.11. The molecule has 2 aromatic rings. The molecule has 8 heteroatoms. The fourth-order valence-corrected chi connectivity index (χ4v) is 3.45. The van der Waals surface area contributed by atoms with Crippen LogP contribution in [0, 0.1) is 5.92 Å². The SMILES string of the molecule is COc1cc(CCC2CCN(Cc3noc(CN)n3)CC2)cc(OC)c1.Cl. The highest BCUT2D eigenvalue weighted by atomic mass is 35.5. The van der Waals surface area contributed by atoms with Gasteiger partial charge in [-0.25, -0.2) is 0 Å². The number of aromatic nitrogens is 2. The molecule has 7 nitrogen and oxygen atoms in total. The molecule has 0 saturated carbocycles. The number of methoxy groups -OCH3 is 2. The van der Waals surface area contributed by atoms with Crippen LogP contribution < -0.4 is 15.2 Å². The van der Waals surface area contributed by atoms with E-state index in [0.29, 0.717) is 12.4 Å². The summed E-state index contributed by atoms with van der Waals surface area (Å²) in [5.41, 5.74) is 6.77. The predicted molar refractivity (Wildman–Crippen MR) is 105 cm³/mol. The van der Waals surface area contributed by atoms with E-state index in [1.165, 1.54) is 24.8 Å². The molecule has 0 spiro atoms. The van der Waals surface area contributed by atoms with Crippen molar-refractivity contribution in [2.75, 3.05) is 27.3 Å². The molecule has 3 rings (SSSR count). The minimum atomic E-state index is 0. The van der Waals surface area contributed by atoms with Gasteiger partial charge < -0.3 is 19.7 Å². The van der Waals surface area contributed by atoms with E-state index in [9.17, 15) is 0 Å². The standard InChI is InChI=1S/C19H28N4O3.ClH/c1-24-16-9-15(10-17(11-16)25-2)4-3-14-5-7-23(8-6-14)13-18-21-19(12-20)26-22-18;/h9-11,14H,3-8,12-13,20H2,1-2H3;1H. The van der Waals surface area contributed by atoms with Gasteiger partial charge in [-0.2, -0.15) is 4.98 Å². The van der Waals surface area contributed by atoms with Gasteiger partial charge in [-0.15, -0.1) is 12.4 Å². The molecule has 0 unspecified atom stereocenters. The Hall–Kier alpha value is -1.83. The predicted octanol–water partition coefficient (Wildman–Crippen LogP) is 2.81. The Labute approximate surface area is 166 Å². The third kappa shape index (κ3) is 6.09. The van der Waals surface area contributed by atoms with Crippen LogP contribution in [-0.4, -0.2) is 42.3 Å². The Morgan fingerprint density at radius 1 is 1.15 bits per heavy atom. The zero-order valence-electron chi connectivity index (χ0n) is 16.0. The van der Waals surface area contributed by atoms with Crippen LogP contribution in [0.2, 0.25) is 0 Å². The number of nitrogens with zero attached hydrogens (tertiary/aromatic N) is 3. The number of halogens is 1. The molecule has 1 aromatic carbocycles. The first kappa shape index (κ1) is 21.5. The Balaban J connectivity index is 0.00000261. The van der Waals surface area contributed by atoms with Crippen molar-refractivity contribution >= 4 is 12.4 Å². The summed E-state index contributed by atoms with van der Waals surface area (Å²) in [7, 11) is 3.38. The molecule has 1 fully saturated rings. The average molecular weight is 397 g/mol. The average Bonchev–Trinajstić information content (AvgIpc) is 3.14. The molecule has 0 aliphatic carbocycles. The summed E-state index contributed by atoms with van der Waals surface area (Å²) < 4.78 is 15.8. The number of nitrogens with two attached hydrogens (primary N) is 1. The number of hydrogen-bond donors (Lipinski definition) is 1. The van der Waals surface area contributed by atoms with Gasteiger partial charge in [0.1, 0.15) is 11.5 Å². The Morgan fingerprint density at radius 2 is 1.81 bits per heavy atom. The topological polar surface area (TPSA) is 86.6 Å². The highest BCUT2D eigenvalue weighted by Gasteiger charge is 2.20. The molecule has 0 radical (unpaired) electrons. The second-order valence-corrected chi connectivity index (χ2v) is 6.79. The van der Waals surface area contributed by atoms with E-state index in [4.69, 9.17) is 19.7 Å². The van der Waals surface area contributed by atoms with Crippen molar-refractivity contribution in [2.24, 2.45) is 11.7 Å². The van der Waals surface area contributed by atoms with Gasteiger partial charge in [-0.1, -0.05) is 5.16 Å². The molecule has 0 atom stereocenters. The largest absolute Gasteiger partial charge is 0.497 e. The smallest absolute Gasteiger partial charge is 0.240 e. The quantitative estimate of drug-likeness (QED) is 0.734. The minimum Gasteiger partial charge on any atom is -0.497 e. The lowest BCUT2D eigenvalue weighted by atomic mass is 9.90. The molecule has 2 heterocycles. The van der Waals surface area contributed by atoms with Crippen molar-refractivity contribution in [1.29, 1.82) is 0 Å². The first-order chi connectivity index (χ1) is 12.7. The van der Waals surface area contributed by atoms with E-state index in [2.05, 4.69) is 27.2 Å². The summed E-state index contributed by atoms with van der Waals surface area (Å²) in [6.07, 6.45) is 4.62. The highest BCUT2D eigenvalue weighted by Crippen LogP contribution is 2.27. The summed E-state index contributed by atoms with van der Waals surface area (Å²) >= 11 is 0. The van der Waals surface area contributed by atoms with Gasteiger partial charge in [0.05, 0.1) is 27.3 Å². The van der Waals surface area contributed by atoms with Crippen LogP contribution in [0.4, 0.5) is 0 Å². The van der Waals surface area contributed by atoms with Gasteiger partial charge in [0.15, 0.2) is 5.82 Å². The third-order valence-electron chi connectivity index (χ3n) is 5.01. The molecule has 1 aliphatic heterocycles. The van der Waals surface area contributed by atoms with Gasteiger partial charge >= 0.3 is 0 Å². The van der Waals surface area contributed by atoms with Crippen LogP contribution in [-0.2, 0) is 19.5 Å². The van der Waals surface area contributed by atoms with E-state index >= 15 is 0 Å². The maximum absolute atomic E-state index is 5.51. The van der Waals surface area contributed by atoms with Gasteiger partial charge in [-0.05, 0) is 62.4 Å². The summed E-state index contributed by atoms with van der Waals surface area (Å²) in [4.78, 5) is 6.67. The van der Waals surface area contributed by atoms with Gasteiger partial charge in [-0.3, -0.25) is 4.90 Å². The van der Waals surface area contributed by atoms with Crippen LogP contribution in [0.5, 0.6) is 11.5 Å². The monoisotopic (exact) mass is 396 g/mol. The summed E-state index contributed by atoms with van der Waals surface area (Å²) in [5, 5.41) is 3.98. The molecular weight excluding hydrogens is 368 g/mol. The zero-order chi connectivity index (χ0) is 18.4. The maximum Gasteiger partial charge on any atom is 0.240 e. The number of piperidine rings is 1. The van der Waals surface area contributed by atoms with E-state index in [-0.39, 0.29) is 12.4 Å². The van der Waals surface area contributed by atoms with E-state index < -0.39 is 0 Å². The number of rotatable bonds is 8. The molecule has 0 bridgehead atoms. The minimum absolute atomic E-state index is 0. The van der Waals surface area contributed by atoms with Gasteiger partial charge in [0.25, 0.3) is 0 Å². The number of aryl methyl sites for hydroxylation is 1. The number of hydrogen-bond acceptors (Lipinski definition) is 7. The molecule has 0 amide bonds.